The monoisotopic (exact) mass is 436 g/mol. The van der Waals surface area contributed by atoms with E-state index in [0.29, 0.717) is 17.2 Å². The van der Waals surface area contributed by atoms with E-state index in [2.05, 4.69) is 9.71 Å². The summed E-state index contributed by atoms with van der Waals surface area (Å²) >= 11 is 7.50. The van der Waals surface area contributed by atoms with Crippen LogP contribution in [0.15, 0.2) is 47.4 Å². The first-order valence-electron chi connectivity index (χ1n) is 8.66. The number of aromatic nitrogens is 1. The molecule has 0 saturated carbocycles. The molecule has 8 heteroatoms. The minimum atomic E-state index is -3.66. The maximum atomic E-state index is 12.7. The number of hydrogen-bond acceptors (Lipinski definition) is 5. The van der Waals surface area contributed by atoms with Crippen LogP contribution in [0.25, 0.3) is 10.6 Å². The van der Waals surface area contributed by atoms with Gasteiger partial charge in [-0.05, 0) is 50.1 Å². The van der Waals surface area contributed by atoms with Crippen LogP contribution in [0, 0.1) is 13.8 Å². The molecule has 0 aliphatic heterocycles. The SMILES string of the molecule is COc1ccc(C)cc1S(=O)(=O)NCCc1sc(-c2ccc(Cl)cc2)nc1C. The number of hydrogen-bond donors (Lipinski definition) is 1. The van der Waals surface area contributed by atoms with Crippen molar-refractivity contribution in [3.05, 3.63) is 63.6 Å². The van der Waals surface area contributed by atoms with Crippen molar-refractivity contribution in [2.75, 3.05) is 13.7 Å². The van der Waals surface area contributed by atoms with Crippen LogP contribution in [0.2, 0.25) is 5.02 Å². The van der Waals surface area contributed by atoms with Crippen LogP contribution in [-0.2, 0) is 16.4 Å². The molecule has 0 radical (unpaired) electrons. The first kappa shape index (κ1) is 20.8. The molecule has 0 unspecified atom stereocenters. The topological polar surface area (TPSA) is 68.3 Å². The number of rotatable bonds is 7. The van der Waals surface area contributed by atoms with E-state index in [1.807, 2.05) is 44.2 Å². The average molecular weight is 437 g/mol. The number of aryl methyl sites for hydroxylation is 2. The first-order chi connectivity index (χ1) is 13.3. The van der Waals surface area contributed by atoms with Crippen molar-refractivity contribution in [3.8, 4) is 16.3 Å². The number of methoxy groups -OCH3 is 1. The minimum absolute atomic E-state index is 0.151. The van der Waals surface area contributed by atoms with Crippen LogP contribution in [0.4, 0.5) is 0 Å². The number of thiazole rings is 1. The quantitative estimate of drug-likeness (QED) is 0.587. The van der Waals surface area contributed by atoms with E-state index < -0.39 is 10.0 Å². The second-order valence-electron chi connectivity index (χ2n) is 6.34. The Bertz CT molecular complexity index is 1080. The third-order valence-electron chi connectivity index (χ3n) is 4.24. The predicted octanol–water partition coefficient (Wildman–Crippen LogP) is 4.61. The largest absolute Gasteiger partial charge is 0.495 e. The highest BCUT2D eigenvalue weighted by atomic mass is 35.5. The molecule has 3 rings (SSSR count). The van der Waals surface area contributed by atoms with Gasteiger partial charge in [0.2, 0.25) is 10.0 Å². The van der Waals surface area contributed by atoms with E-state index in [9.17, 15) is 8.42 Å². The van der Waals surface area contributed by atoms with E-state index in [0.717, 1.165) is 26.7 Å². The summed E-state index contributed by atoms with van der Waals surface area (Å²) in [7, 11) is -2.20. The van der Waals surface area contributed by atoms with Gasteiger partial charge >= 0.3 is 0 Å². The standard InChI is InChI=1S/C20H21ClN2O3S2/c1-13-4-9-17(26-3)19(12-13)28(24,25)22-11-10-18-14(2)23-20(27-18)15-5-7-16(21)8-6-15/h4-9,12,22H,10-11H2,1-3H3. The molecule has 1 N–H and O–H groups in total. The fraction of sp³-hybridized carbons (Fsp3) is 0.250. The summed E-state index contributed by atoms with van der Waals surface area (Å²) in [6, 6.07) is 12.6. The zero-order chi connectivity index (χ0) is 20.3. The molecule has 0 aliphatic rings. The van der Waals surface area contributed by atoms with E-state index in [1.165, 1.54) is 7.11 Å². The van der Waals surface area contributed by atoms with E-state index in [4.69, 9.17) is 16.3 Å². The van der Waals surface area contributed by atoms with Crippen molar-refractivity contribution < 1.29 is 13.2 Å². The number of sulfonamides is 1. The zero-order valence-corrected chi connectivity index (χ0v) is 18.2. The summed E-state index contributed by atoms with van der Waals surface area (Å²) < 4.78 is 33.2. The molecular weight excluding hydrogens is 416 g/mol. The van der Waals surface area contributed by atoms with E-state index in [-0.39, 0.29) is 11.4 Å². The lowest BCUT2D eigenvalue weighted by atomic mass is 10.2. The van der Waals surface area contributed by atoms with Crippen LogP contribution in [-0.4, -0.2) is 27.1 Å². The summed E-state index contributed by atoms with van der Waals surface area (Å²) in [5.41, 5.74) is 2.75. The summed E-state index contributed by atoms with van der Waals surface area (Å²) in [5.74, 6) is 0.331. The maximum Gasteiger partial charge on any atom is 0.244 e. The number of nitrogens with one attached hydrogen (secondary N) is 1. The molecule has 0 bridgehead atoms. The third kappa shape index (κ3) is 4.72. The minimum Gasteiger partial charge on any atom is -0.495 e. The molecular formula is C20H21ClN2O3S2. The van der Waals surface area contributed by atoms with Crippen LogP contribution in [0.1, 0.15) is 16.1 Å². The summed E-state index contributed by atoms with van der Waals surface area (Å²) in [6.07, 6.45) is 0.560. The summed E-state index contributed by atoms with van der Waals surface area (Å²) in [6.45, 7) is 4.06. The van der Waals surface area contributed by atoms with Gasteiger partial charge in [-0.1, -0.05) is 29.8 Å². The average Bonchev–Trinajstić information content (AvgIpc) is 3.03. The van der Waals surface area contributed by atoms with Crippen molar-refractivity contribution >= 4 is 33.0 Å². The van der Waals surface area contributed by atoms with Gasteiger partial charge in [-0.25, -0.2) is 18.1 Å². The molecule has 3 aromatic rings. The Morgan fingerprint density at radius 2 is 1.86 bits per heavy atom. The second kappa shape index (κ2) is 8.61. The van der Waals surface area contributed by atoms with Crippen molar-refractivity contribution in [2.24, 2.45) is 0 Å². The molecule has 1 aromatic heterocycles. The van der Waals surface area contributed by atoms with Gasteiger partial charge in [0, 0.05) is 22.0 Å². The summed E-state index contributed by atoms with van der Waals surface area (Å²) in [5, 5.41) is 1.57. The molecule has 148 valence electrons. The lowest BCUT2D eigenvalue weighted by molar-refractivity contribution is 0.402. The molecule has 0 atom stereocenters. The van der Waals surface area contributed by atoms with Crippen molar-refractivity contribution in [1.29, 1.82) is 0 Å². The fourth-order valence-electron chi connectivity index (χ4n) is 2.75. The smallest absolute Gasteiger partial charge is 0.244 e. The number of halogens is 1. The highest BCUT2D eigenvalue weighted by Gasteiger charge is 2.19. The molecule has 2 aromatic carbocycles. The fourth-order valence-corrected chi connectivity index (χ4v) is 5.22. The Morgan fingerprint density at radius 1 is 1.14 bits per heavy atom. The summed E-state index contributed by atoms with van der Waals surface area (Å²) in [4.78, 5) is 5.80. The van der Waals surface area contributed by atoms with Gasteiger partial charge in [-0.3, -0.25) is 0 Å². The van der Waals surface area contributed by atoms with E-state index >= 15 is 0 Å². The van der Waals surface area contributed by atoms with Gasteiger partial charge in [0.25, 0.3) is 0 Å². The molecule has 28 heavy (non-hydrogen) atoms. The molecule has 0 amide bonds. The number of ether oxygens (including phenoxy) is 1. The number of nitrogens with zero attached hydrogens (tertiary/aromatic N) is 1. The second-order valence-corrected chi connectivity index (χ2v) is 9.59. The van der Waals surface area contributed by atoms with Crippen molar-refractivity contribution in [3.63, 3.8) is 0 Å². The Morgan fingerprint density at radius 3 is 2.54 bits per heavy atom. The van der Waals surface area contributed by atoms with E-state index in [1.54, 1.807) is 23.5 Å². The van der Waals surface area contributed by atoms with Gasteiger partial charge in [0.15, 0.2) is 0 Å². The van der Waals surface area contributed by atoms with Crippen LogP contribution in [0.5, 0.6) is 5.75 Å². The third-order valence-corrected chi connectivity index (χ3v) is 7.24. The van der Waals surface area contributed by atoms with Gasteiger partial charge in [0.1, 0.15) is 15.7 Å². The normalized spacial score (nSPS) is 11.6. The Kier molecular flexibility index (Phi) is 6.40. The molecule has 5 nitrogen and oxygen atoms in total. The molecule has 0 fully saturated rings. The highest BCUT2D eigenvalue weighted by Crippen LogP contribution is 2.29. The first-order valence-corrected chi connectivity index (χ1v) is 11.3. The molecule has 0 saturated heterocycles. The zero-order valence-electron chi connectivity index (χ0n) is 15.8. The maximum absolute atomic E-state index is 12.7. The lowest BCUT2D eigenvalue weighted by Crippen LogP contribution is -2.26. The van der Waals surface area contributed by atoms with Gasteiger partial charge in [-0.2, -0.15) is 0 Å². The predicted molar refractivity (Wildman–Crippen MR) is 114 cm³/mol. The Balaban J connectivity index is 1.71. The molecule has 1 heterocycles. The van der Waals surface area contributed by atoms with Gasteiger partial charge < -0.3 is 4.74 Å². The van der Waals surface area contributed by atoms with Gasteiger partial charge in [0.05, 0.1) is 12.8 Å². The van der Waals surface area contributed by atoms with Crippen LogP contribution in [0.3, 0.4) is 0 Å². The molecule has 0 spiro atoms. The highest BCUT2D eigenvalue weighted by molar-refractivity contribution is 7.89. The van der Waals surface area contributed by atoms with Crippen LogP contribution < -0.4 is 9.46 Å². The van der Waals surface area contributed by atoms with Crippen LogP contribution >= 0.6 is 22.9 Å². The molecule has 0 aliphatic carbocycles. The lowest BCUT2D eigenvalue weighted by Gasteiger charge is -2.11. The van der Waals surface area contributed by atoms with Gasteiger partial charge in [-0.15, -0.1) is 11.3 Å². The van der Waals surface area contributed by atoms with Crippen molar-refractivity contribution in [1.82, 2.24) is 9.71 Å². The Labute approximate surface area is 174 Å². The Hall–Kier alpha value is -1.93. The van der Waals surface area contributed by atoms with Crippen molar-refractivity contribution in [2.45, 2.75) is 25.2 Å². The number of benzene rings is 2.